The molecule has 3 aromatic rings. The largest absolute Gasteiger partial charge is 0.256 e. The molecule has 1 aromatic heterocycles. The molecule has 0 amide bonds. The van der Waals surface area contributed by atoms with Crippen LogP contribution in [-0.4, -0.2) is 10.1 Å². The van der Waals surface area contributed by atoms with E-state index < -0.39 is 0 Å². The van der Waals surface area contributed by atoms with Crippen LogP contribution in [0.4, 0.5) is 5.69 Å². The normalized spacial score (nSPS) is 10.5. The summed E-state index contributed by atoms with van der Waals surface area (Å²) in [5.74, 6) is 0. The highest BCUT2D eigenvalue weighted by atomic mass is 32.1. The van der Waals surface area contributed by atoms with E-state index in [0.29, 0.717) is 0 Å². The Kier molecular flexibility index (Phi) is 7.66. The Morgan fingerprint density at radius 1 is 0.786 bits per heavy atom. The smallest absolute Gasteiger partial charge is 0.0740 e. The molecule has 1 heterocycles. The molecule has 0 saturated carbocycles. The van der Waals surface area contributed by atoms with Gasteiger partial charge in [-0.2, -0.15) is 4.99 Å². The highest BCUT2D eigenvalue weighted by Gasteiger charge is 2.03. The Balaban J connectivity index is 1.62. The maximum absolute atomic E-state index is 4.64. The summed E-state index contributed by atoms with van der Waals surface area (Å²) in [5.41, 5.74) is 6.59. The van der Waals surface area contributed by atoms with Crippen molar-refractivity contribution in [2.24, 2.45) is 4.99 Å². The van der Waals surface area contributed by atoms with Gasteiger partial charge in [0.25, 0.3) is 0 Å². The van der Waals surface area contributed by atoms with Gasteiger partial charge in [0.1, 0.15) is 0 Å². The number of hydrogen-bond acceptors (Lipinski definition) is 3. The van der Waals surface area contributed by atoms with Crippen LogP contribution in [0.3, 0.4) is 0 Å². The van der Waals surface area contributed by atoms with E-state index in [1.165, 1.54) is 49.7 Å². The molecule has 3 rings (SSSR count). The second kappa shape index (κ2) is 10.7. The maximum Gasteiger partial charge on any atom is 0.0740 e. The Morgan fingerprint density at radius 2 is 1.46 bits per heavy atom. The summed E-state index contributed by atoms with van der Waals surface area (Å²) < 4.78 is 0. The second-order valence-electron chi connectivity index (χ2n) is 7.04. The van der Waals surface area contributed by atoms with Gasteiger partial charge in [-0.1, -0.05) is 75.1 Å². The standard InChI is InChI=1S/C25H26N2S/c1-2-3-4-5-6-7-20-8-10-21(11-9-20)23-14-17-25(26-18-23)22-12-15-24(16-13-22)27-19-28/h8-18H,2-7H2,1H3. The lowest BCUT2D eigenvalue weighted by Gasteiger charge is -2.06. The first kappa shape index (κ1) is 20.1. The number of aromatic nitrogens is 1. The van der Waals surface area contributed by atoms with E-state index in [4.69, 9.17) is 0 Å². The van der Waals surface area contributed by atoms with Crippen LogP contribution in [0.25, 0.3) is 22.4 Å². The first-order valence-electron chi connectivity index (χ1n) is 10.0. The summed E-state index contributed by atoms with van der Waals surface area (Å²) in [7, 11) is 0. The molecule has 142 valence electrons. The molecule has 2 nitrogen and oxygen atoms in total. The average Bonchev–Trinajstić information content (AvgIpc) is 2.75. The van der Waals surface area contributed by atoms with Crippen LogP contribution in [0.2, 0.25) is 0 Å². The van der Waals surface area contributed by atoms with Crippen LogP contribution in [0, 0.1) is 0 Å². The second-order valence-corrected chi connectivity index (χ2v) is 7.23. The summed E-state index contributed by atoms with van der Waals surface area (Å²) in [6, 6.07) is 20.9. The van der Waals surface area contributed by atoms with Crippen molar-refractivity contribution in [3.8, 4) is 22.4 Å². The lowest BCUT2D eigenvalue weighted by atomic mass is 10.0. The lowest BCUT2D eigenvalue weighted by molar-refractivity contribution is 0.632. The van der Waals surface area contributed by atoms with Crippen molar-refractivity contribution in [1.29, 1.82) is 0 Å². The summed E-state index contributed by atoms with van der Waals surface area (Å²) in [6.07, 6.45) is 9.74. The number of thiocarbonyl (C=S) groups is 1. The van der Waals surface area contributed by atoms with Gasteiger partial charge in [0, 0.05) is 17.3 Å². The fourth-order valence-electron chi connectivity index (χ4n) is 3.29. The van der Waals surface area contributed by atoms with Crippen LogP contribution in [0.15, 0.2) is 71.9 Å². The van der Waals surface area contributed by atoms with Crippen molar-refractivity contribution in [3.05, 3.63) is 72.4 Å². The quantitative estimate of drug-likeness (QED) is 0.214. The molecule has 0 radical (unpaired) electrons. The molecule has 0 N–H and O–H groups in total. The van der Waals surface area contributed by atoms with Crippen molar-refractivity contribution in [1.82, 2.24) is 4.98 Å². The van der Waals surface area contributed by atoms with E-state index in [2.05, 4.69) is 70.7 Å². The highest BCUT2D eigenvalue weighted by Crippen LogP contribution is 2.25. The van der Waals surface area contributed by atoms with E-state index in [-0.39, 0.29) is 0 Å². The number of pyridine rings is 1. The molecule has 2 aromatic carbocycles. The predicted octanol–water partition coefficient (Wildman–Crippen LogP) is 7.66. The molecule has 0 aliphatic carbocycles. The molecule has 3 heteroatoms. The summed E-state index contributed by atoms with van der Waals surface area (Å²) in [4.78, 5) is 8.61. The van der Waals surface area contributed by atoms with Gasteiger partial charge < -0.3 is 0 Å². The van der Waals surface area contributed by atoms with Gasteiger partial charge in [0.2, 0.25) is 0 Å². The zero-order valence-electron chi connectivity index (χ0n) is 16.4. The van der Waals surface area contributed by atoms with E-state index in [9.17, 15) is 0 Å². The van der Waals surface area contributed by atoms with Crippen LogP contribution in [-0.2, 0) is 6.42 Å². The number of rotatable bonds is 9. The SMILES string of the molecule is CCCCCCCc1ccc(-c2ccc(-c3ccc(N=C=S)cc3)nc2)cc1. The Hall–Kier alpha value is -2.61. The van der Waals surface area contributed by atoms with Crippen molar-refractivity contribution in [3.63, 3.8) is 0 Å². The van der Waals surface area contributed by atoms with Crippen molar-refractivity contribution in [2.75, 3.05) is 0 Å². The number of aryl methyl sites for hydroxylation is 1. The number of hydrogen-bond donors (Lipinski definition) is 0. The van der Waals surface area contributed by atoms with Gasteiger partial charge in [-0.05, 0) is 54.4 Å². The minimum atomic E-state index is 0.806. The zero-order valence-corrected chi connectivity index (χ0v) is 17.2. The number of benzene rings is 2. The topological polar surface area (TPSA) is 25.2 Å². The lowest BCUT2D eigenvalue weighted by Crippen LogP contribution is -1.88. The maximum atomic E-state index is 4.64. The number of aliphatic imine (C=N–C) groups is 1. The summed E-state index contributed by atoms with van der Waals surface area (Å²) in [5, 5.41) is 2.38. The number of nitrogens with zero attached hydrogens (tertiary/aromatic N) is 2. The Bertz CT molecular complexity index is 906. The molecule has 28 heavy (non-hydrogen) atoms. The molecule has 0 unspecified atom stereocenters. The minimum Gasteiger partial charge on any atom is -0.256 e. The van der Waals surface area contributed by atoms with Crippen molar-refractivity contribution >= 4 is 23.1 Å². The van der Waals surface area contributed by atoms with Gasteiger partial charge >= 0.3 is 0 Å². The van der Waals surface area contributed by atoms with Crippen LogP contribution in [0.1, 0.15) is 44.6 Å². The van der Waals surface area contributed by atoms with Gasteiger partial charge in [-0.15, -0.1) is 0 Å². The summed E-state index contributed by atoms with van der Waals surface area (Å²) in [6.45, 7) is 2.26. The van der Waals surface area contributed by atoms with Crippen LogP contribution in [0.5, 0.6) is 0 Å². The third-order valence-electron chi connectivity index (χ3n) is 4.96. The van der Waals surface area contributed by atoms with Crippen LogP contribution < -0.4 is 0 Å². The molecule has 0 bridgehead atoms. The highest BCUT2D eigenvalue weighted by molar-refractivity contribution is 7.78. The molecule has 0 fully saturated rings. The van der Waals surface area contributed by atoms with Crippen molar-refractivity contribution < 1.29 is 0 Å². The third kappa shape index (κ3) is 5.69. The van der Waals surface area contributed by atoms with E-state index in [0.717, 1.165) is 22.5 Å². The molecular weight excluding hydrogens is 360 g/mol. The number of isothiocyanates is 1. The van der Waals surface area contributed by atoms with E-state index in [1.807, 2.05) is 30.5 Å². The first-order chi connectivity index (χ1) is 13.8. The molecular formula is C25H26N2S. The molecule has 0 aliphatic rings. The third-order valence-corrected chi connectivity index (χ3v) is 5.05. The minimum absolute atomic E-state index is 0.806. The molecule has 0 atom stereocenters. The molecule has 0 saturated heterocycles. The summed E-state index contributed by atoms with van der Waals surface area (Å²) >= 11 is 4.64. The number of unbranched alkanes of at least 4 members (excludes halogenated alkanes) is 4. The van der Waals surface area contributed by atoms with E-state index >= 15 is 0 Å². The Labute approximate surface area is 173 Å². The Morgan fingerprint density at radius 3 is 2.11 bits per heavy atom. The van der Waals surface area contributed by atoms with Gasteiger partial charge in [0.05, 0.1) is 16.5 Å². The fraction of sp³-hybridized carbons (Fsp3) is 0.280. The monoisotopic (exact) mass is 386 g/mol. The molecule has 0 spiro atoms. The van der Waals surface area contributed by atoms with Gasteiger partial charge in [0.15, 0.2) is 0 Å². The van der Waals surface area contributed by atoms with Crippen LogP contribution >= 0.6 is 12.2 Å². The van der Waals surface area contributed by atoms with Crippen molar-refractivity contribution in [2.45, 2.75) is 45.4 Å². The van der Waals surface area contributed by atoms with E-state index in [1.54, 1.807) is 0 Å². The van der Waals surface area contributed by atoms with Gasteiger partial charge in [-0.3, -0.25) is 4.98 Å². The average molecular weight is 387 g/mol. The fourth-order valence-corrected chi connectivity index (χ4v) is 3.40. The zero-order chi connectivity index (χ0) is 19.6. The molecule has 0 aliphatic heterocycles. The first-order valence-corrected chi connectivity index (χ1v) is 10.4. The predicted molar refractivity (Wildman–Crippen MR) is 122 cm³/mol. The van der Waals surface area contributed by atoms with Gasteiger partial charge in [-0.25, -0.2) is 0 Å².